The first kappa shape index (κ1) is 12.4. The first-order valence-corrected chi connectivity index (χ1v) is 6.18. The third-order valence-electron chi connectivity index (χ3n) is 3.11. The van der Waals surface area contributed by atoms with Crippen molar-refractivity contribution in [2.75, 3.05) is 6.54 Å². The fourth-order valence-electron chi connectivity index (χ4n) is 2.19. The summed E-state index contributed by atoms with van der Waals surface area (Å²) in [4.78, 5) is 13.0. The van der Waals surface area contributed by atoms with Gasteiger partial charge in [-0.25, -0.2) is 0 Å². The fourth-order valence-corrected chi connectivity index (χ4v) is 2.40. The second-order valence-electron chi connectivity index (χ2n) is 4.25. The molecule has 0 radical (unpaired) electrons. The van der Waals surface area contributed by atoms with Gasteiger partial charge >= 0.3 is 5.97 Å². The summed E-state index contributed by atoms with van der Waals surface area (Å²) in [5, 5.41) is 14.0. The van der Waals surface area contributed by atoms with Crippen LogP contribution in [0.3, 0.4) is 0 Å². The maximum absolute atomic E-state index is 11.0. The Morgan fingerprint density at radius 1 is 1.71 bits per heavy atom. The number of nitrogens with zero attached hydrogens (tertiary/aromatic N) is 3. The molecule has 0 saturated carbocycles. The van der Waals surface area contributed by atoms with Crippen LogP contribution >= 0.6 is 11.6 Å². The number of aromatic nitrogens is 2. The van der Waals surface area contributed by atoms with Crippen LogP contribution in [0.15, 0.2) is 6.20 Å². The first-order chi connectivity index (χ1) is 8.11. The van der Waals surface area contributed by atoms with Crippen molar-refractivity contribution in [3.8, 4) is 0 Å². The van der Waals surface area contributed by atoms with Crippen LogP contribution in [-0.2, 0) is 17.9 Å². The summed E-state index contributed by atoms with van der Waals surface area (Å²) in [7, 11) is 0. The van der Waals surface area contributed by atoms with Gasteiger partial charge in [0.15, 0.2) is 0 Å². The van der Waals surface area contributed by atoms with Crippen LogP contribution in [0.5, 0.6) is 0 Å². The second kappa shape index (κ2) is 5.06. The highest BCUT2D eigenvalue weighted by Gasteiger charge is 2.31. The minimum absolute atomic E-state index is 0.391. The van der Waals surface area contributed by atoms with E-state index in [2.05, 4.69) is 5.10 Å². The van der Waals surface area contributed by atoms with E-state index >= 15 is 0 Å². The number of rotatable bonds is 4. The Labute approximate surface area is 105 Å². The van der Waals surface area contributed by atoms with E-state index in [0.29, 0.717) is 18.0 Å². The lowest BCUT2D eigenvalue weighted by molar-refractivity contribution is -0.142. The van der Waals surface area contributed by atoms with Crippen LogP contribution in [-0.4, -0.2) is 38.3 Å². The van der Waals surface area contributed by atoms with Crippen molar-refractivity contribution >= 4 is 17.6 Å². The molecule has 1 unspecified atom stereocenters. The highest BCUT2D eigenvalue weighted by atomic mass is 35.5. The molecular weight excluding hydrogens is 242 g/mol. The number of halogens is 1. The fraction of sp³-hybridized carbons (Fsp3) is 0.636. The molecule has 1 atom stereocenters. The molecular formula is C11H16ClN3O2. The highest BCUT2D eigenvalue weighted by molar-refractivity contribution is 6.31. The van der Waals surface area contributed by atoms with E-state index in [0.717, 1.165) is 25.2 Å². The van der Waals surface area contributed by atoms with Gasteiger partial charge in [-0.3, -0.25) is 14.4 Å². The summed E-state index contributed by atoms with van der Waals surface area (Å²) >= 11 is 6.07. The lowest BCUT2D eigenvalue weighted by Gasteiger charge is -2.19. The third kappa shape index (κ3) is 2.61. The zero-order chi connectivity index (χ0) is 12.4. The topological polar surface area (TPSA) is 58.4 Å². The van der Waals surface area contributed by atoms with Crippen LogP contribution in [0.4, 0.5) is 0 Å². The molecule has 1 aliphatic rings. The maximum atomic E-state index is 11.0. The summed E-state index contributed by atoms with van der Waals surface area (Å²) in [5.74, 6) is -0.756. The molecule has 0 bridgehead atoms. The lowest BCUT2D eigenvalue weighted by atomic mass is 10.2. The maximum Gasteiger partial charge on any atom is 0.320 e. The molecule has 0 aromatic carbocycles. The summed E-state index contributed by atoms with van der Waals surface area (Å²) in [5.41, 5.74) is 0.765. The largest absolute Gasteiger partial charge is 0.480 e. The van der Waals surface area contributed by atoms with Crippen LogP contribution in [0.25, 0.3) is 0 Å². The number of likely N-dealkylation sites (tertiary alicyclic amines) is 1. The SMILES string of the molecule is CCn1cc(Cl)c(CN2CCCC2C(=O)O)n1. The summed E-state index contributed by atoms with van der Waals surface area (Å²) < 4.78 is 1.77. The number of carboxylic acid groups (broad SMARTS) is 1. The minimum Gasteiger partial charge on any atom is -0.480 e. The predicted octanol–water partition coefficient (Wildman–Crippen LogP) is 1.61. The first-order valence-electron chi connectivity index (χ1n) is 5.80. The number of aliphatic carboxylic acids is 1. The Balaban J connectivity index is 2.09. The number of carboxylic acids is 1. The van der Waals surface area contributed by atoms with E-state index < -0.39 is 12.0 Å². The van der Waals surface area contributed by atoms with Gasteiger partial charge in [0.1, 0.15) is 6.04 Å². The van der Waals surface area contributed by atoms with Gasteiger partial charge in [-0.05, 0) is 26.3 Å². The molecule has 1 fully saturated rings. The Morgan fingerprint density at radius 2 is 2.47 bits per heavy atom. The van der Waals surface area contributed by atoms with Crippen molar-refractivity contribution in [2.45, 2.75) is 38.9 Å². The normalized spacial score (nSPS) is 20.9. The second-order valence-corrected chi connectivity index (χ2v) is 4.65. The molecule has 17 heavy (non-hydrogen) atoms. The predicted molar refractivity (Wildman–Crippen MR) is 64.0 cm³/mol. The Kier molecular flexibility index (Phi) is 3.69. The number of hydrogen-bond acceptors (Lipinski definition) is 3. The Bertz CT molecular complexity index is 419. The molecule has 5 nitrogen and oxygen atoms in total. The Hall–Kier alpha value is -1.07. The van der Waals surface area contributed by atoms with Gasteiger partial charge in [0.2, 0.25) is 0 Å². The molecule has 0 amide bonds. The molecule has 0 spiro atoms. The molecule has 2 heterocycles. The van der Waals surface area contributed by atoms with Crippen molar-refractivity contribution in [3.05, 3.63) is 16.9 Å². The van der Waals surface area contributed by atoms with Crippen LogP contribution in [0.1, 0.15) is 25.5 Å². The van der Waals surface area contributed by atoms with E-state index in [4.69, 9.17) is 16.7 Å². The van der Waals surface area contributed by atoms with Crippen LogP contribution < -0.4 is 0 Å². The van der Waals surface area contributed by atoms with Gasteiger partial charge in [0, 0.05) is 19.3 Å². The number of hydrogen-bond donors (Lipinski definition) is 1. The molecule has 0 aliphatic carbocycles. The van der Waals surface area contributed by atoms with Gasteiger partial charge in [-0.1, -0.05) is 11.6 Å². The molecule has 1 aliphatic heterocycles. The highest BCUT2D eigenvalue weighted by Crippen LogP contribution is 2.23. The van der Waals surface area contributed by atoms with Crippen molar-refractivity contribution < 1.29 is 9.90 Å². The minimum atomic E-state index is -0.756. The van der Waals surface area contributed by atoms with Gasteiger partial charge in [-0.15, -0.1) is 0 Å². The van der Waals surface area contributed by atoms with Crippen molar-refractivity contribution in [3.63, 3.8) is 0 Å². The van der Waals surface area contributed by atoms with Gasteiger partial charge in [0.25, 0.3) is 0 Å². The molecule has 1 N–H and O–H groups in total. The lowest BCUT2D eigenvalue weighted by Crippen LogP contribution is -2.35. The average molecular weight is 258 g/mol. The van der Waals surface area contributed by atoms with E-state index in [1.165, 1.54) is 0 Å². The molecule has 1 saturated heterocycles. The average Bonchev–Trinajstić information content (AvgIpc) is 2.87. The summed E-state index contributed by atoms with van der Waals surface area (Å²) in [6.07, 6.45) is 3.41. The Morgan fingerprint density at radius 3 is 3.06 bits per heavy atom. The van der Waals surface area contributed by atoms with Crippen molar-refractivity contribution in [2.24, 2.45) is 0 Å². The van der Waals surface area contributed by atoms with Crippen molar-refractivity contribution in [1.82, 2.24) is 14.7 Å². The van der Waals surface area contributed by atoms with Gasteiger partial charge in [0.05, 0.1) is 10.7 Å². The molecule has 1 aromatic heterocycles. The van der Waals surface area contributed by atoms with Crippen molar-refractivity contribution in [1.29, 1.82) is 0 Å². The van der Waals surface area contributed by atoms with Gasteiger partial charge in [-0.2, -0.15) is 5.10 Å². The van der Waals surface area contributed by atoms with Crippen LogP contribution in [0.2, 0.25) is 5.02 Å². The monoisotopic (exact) mass is 257 g/mol. The molecule has 2 rings (SSSR count). The van der Waals surface area contributed by atoms with E-state index in [-0.39, 0.29) is 0 Å². The smallest absolute Gasteiger partial charge is 0.320 e. The van der Waals surface area contributed by atoms with Gasteiger partial charge < -0.3 is 5.11 Å². The number of aryl methyl sites for hydroxylation is 1. The quantitative estimate of drug-likeness (QED) is 0.890. The summed E-state index contributed by atoms with van der Waals surface area (Å²) in [6, 6.07) is -0.391. The van der Waals surface area contributed by atoms with E-state index in [1.54, 1.807) is 10.9 Å². The zero-order valence-electron chi connectivity index (χ0n) is 9.77. The molecule has 94 valence electrons. The molecule has 1 aromatic rings. The third-order valence-corrected chi connectivity index (χ3v) is 3.43. The molecule has 6 heteroatoms. The van der Waals surface area contributed by atoms with E-state index in [1.807, 2.05) is 11.8 Å². The standard InChI is InChI=1S/C11H16ClN3O2/c1-2-15-6-8(12)9(13-15)7-14-5-3-4-10(14)11(16)17/h6,10H,2-5,7H2,1H3,(H,16,17). The number of carbonyl (C=O) groups is 1. The summed E-state index contributed by atoms with van der Waals surface area (Å²) in [6.45, 7) is 4.07. The van der Waals surface area contributed by atoms with E-state index in [9.17, 15) is 4.79 Å². The van der Waals surface area contributed by atoms with Crippen LogP contribution in [0, 0.1) is 0 Å². The zero-order valence-corrected chi connectivity index (χ0v) is 10.5.